The van der Waals surface area contributed by atoms with Crippen molar-refractivity contribution in [2.45, 2.75) is 39.7 Å². The molecule has 0 saturated carbocycles. The van der Waals surface area contributed by atoms with E-state index < -0.39 is 0 Å². The van der Waals surface area contributed by atoms with Gasteiger partial charge in [0.2, 0.25) is 0 Å². The number of amides is 2. The number of hydrogen-bond acceptors (Lipinski definition) is 2. The molecule has 0 aliphatic heterocycles. The predicted octanol–water partition coefficient (Wildman–Crippen LogP) is 2.73. The number of rotatable bonds is 7. The molecule has 0 saturated heterocycles. The molecule has 4 N–H and O–H groups in total. The third kappa shape index (κ3) is 4.73. The fraction of sp³-hybridized carbons (Fsp3) is 0.500. The molecular weight excluding hydrogens is 290 g/mol. The van der Waals surface area contributed by atoms with Gasteiger partial charge in [-0.25, -0.2) is 4.79 Å². The number of urea groups is 1. The van der Waals surface area contributed by atoms with Crippen LogP contribution in [0.2, 0.25) is 0 Å². The van der Waals surface area contributed by atoms with E-state index in [4.69, 9.17) is 0 Å². The number of hydrogen-bond donors (Lipinski definition) is 4. The molecule has 2 rings (SSSR count). The third-order valence-electron chi connectivity index (χ3n) is 4.00. The van der Waals surface area contributed by atoms with Crippen molar-refractivity contribution >= 4 is 16.9 Å². The molecule has 0 bridgehead atoms. The smallest absolute Gasteiger partial charge is 0.315 e. The largest absolute Gasteiger partial charge is 0.394 e. The van der Waals surface area contributed by atoms with Gasteiger partial charge in [0, 0.05) is 23.6 Å². The highest BCUT2D eigenvalue weighted by molar-refractivity contribution is 5.85. The number of aliphatic hydroxyl groups is 1. The van der Waals surface area contributed by atoms with Crippen molar-refractivity contribution in [3.05, 3.63) is 35.5 Å². The summed E-state index contributed by atoms with van der Waals surface area (Å²) >= 11 is 0. The molecule has 1 aromatic carbocycles. The Hall–Kier alpha value is -2.01. The Morgan fingerprint density at radius 3 is 2.83 bits per heavy atom. The summed E-state index contributed by atoms with van der Waals surface area (Å²) in [6, 6.07) is 5.82. The van der Waals surface area contributed by atoms with E-state index >= 15 is 0 Å². The van der Waals surface area contributed by atoms with Crippen LogP contribution >= 0.6 is 0 Å². The molecule has 0 aliphatic rings. The number of aromatic nitrogens is 1. The zero-order valence-electron chi connectivity index (χ0n) is 14.1. The van der Waals surface area contributed by atoms with Crippen LogP contribution in [0.25, 0.3) is 10.9 Å². The molecule has 23 heavy (non-hydrogen) atoms. The van der Waals surface area contributed by atoms with Gasteiger partial charge in [-0.3, -0.25) is 0 Å². The average molecular weight is 317 g/mol. The maximum absolute atomic E-state index is 11.9. The van der Waals surface area contributed by atoms with Gasteiger partial charge in [-0.15, -0.1) is 0 Å². The molecule has 2 aromatic rings. The summed E-state index contributed by atoms with van der Waals surface area (Å²) in [6.45, 7) is 6.75. The zero-order valence-corrected chi connectivity index (χ0v) is 14.1. The first-order valence-corrected chi connectivity index (χ1v) is 8.22. The van der Waals surface area contributed by atoms with E-state index in [0.29, 0.717) is 12.5 Å². The van der Waals surface area contributed by atoms with Gasteiger partial charge in [-0.2, -0.15) is 0 Å². The maximum atomic E-state index is 11.9. The number of benzene rings is 1. The summed E-state index contributed by atoms with van der Waals surface area (Å²) < 4.78 is 0. The first kappa shape index (κ1) is 17.3. The van der Waals surface area contributed by atoms with Crippen LogP contribution in [0.5, 0.6) is 0 Å². The molecule has 0 aliphatic carbocycles. The summed E-state index contributed by atoms with van der Waals surface area (Å²) in [4.78, 5) is 15.2. The van der Waals surface area contributed by atoms with Crippen molar-refractivity contribution in [3.63, 3.8) is 0 Å². The van der Waals surface area contributed by atoms with Crippen LogP contribution in [0.15, 0.2) is 24.4 Å². The minimum atomic E-state index is -0.222. The predicted molar refractivity (Wildman–Crippen MR) is 93.6 cm³/mol. The van der Waals surface area contributed by atoms with Crippen LogP contribution < -0.4 is 10.6 Å². The van der Waals surface area contributed by atoms with E-state index in [9.17, 15) is 9.90 Å². The summed E-state index contributed by atoms with van der Waals surface area (Å²) in [5.74, 6) is 0.432. The number of aromatic amines is 1. The minimum Gasteiger partial charge on any atom is -0.394 e. The highest BCUT2D eigenvalue weighted by atomic mass is 16.3. The second kappa shape index (κ2) is 8.02. The van der Waals surface area contributed by atoms with E-state index in [2.05, 4.69) is 48.5 Å². The Balaban J connectivity index is 1.84. The van der Waals surface area contributed by atoms with Crippen molar-refractivity contribution in [1.82, 2.24) is 15.6 Å². The van der Waals surface area contributed by atoms with E-state index in [1.807, 2.05) is 12.3 Å². The molecule has 5 nitrogen and oxygen atoms in total. The Morgan fingerprint density at radius 2 is 2.13 bits per heavy atom. The maximum Gasteiger partial charge on any atom is 0.315 e. The van der Waals surface area contributed by atoms with Gasteiger partial charge in [0.25, 0.3) is 0 Å². The topological polar surface area (TPSA) is 77.2 Å². The highest BCUT2D eigenvalue weighted by Gasteiger charge is 2.12. The normalized spacial score (nSPS) is 12.6. The molecule has 0 radical (unpaired) electrons. The molecule has 126 valence electrons. The molecule has 2 amide bonds. The molecule has 0 fully saturated rings. The van der Waals surface area contributed by atoms with E-state index in [0.717, 1.165) is 18.4 Å². The summed E-state index contributed by atoms with van der Waals surface area (Å²) in [5.41, 5.74) is 3.58. The number of H-pyrrole nitrogens is 1. The SMILES string of the molecule is Cc1cccc2c(CCNC(=O)NC(CO)CC(C)C)c[nH]c12. The van der Waals surface area contributed by atoms with Crippen molar-refractivity contribution in [1.29, 1.82) is 0 Å². The molecule has 0 spiro atoms. The van der Waals surface area contributed by atoms with Crippen LogP contribution in [-0.4, -0.2) is 35.3 Å². The lowest BCUT2D eigenvalue weighted by Crippen LogP contribution is -2.44. The Kier molecular flexibility index (Phi) is 6.04. The van der Waals surface area contributed by atoms with Gasteiger partial charge < -0.3 is 20.7 Å². The Labute approximate surface area is 137 Å². The van der Waals surface area contributed by atoms with Gasteiger partial charge in [0.1, 0.15) is 0 Å². The Morgan fingerprint density at radius 1 is 1.35 bits per heavy atom. The standard InChI is InChI=1S/C18H27N3O2/c1-12(2)9-15(11-22)21-18(23)19-8-7-14-10-20-17-13(3)5-4-6-16(14)17/h4-6,10,12,15,20,22H,7-9,11H2,1-3H3,(H2,19,21,23). The quantitative estimate of drug-likeness (QED) is 0.634. The monoisotopic (exact) mass is 317 g/mol. The summed E-state index contributed by atoms with van der Waals surface area (Å²) in [5, 5.41) is 16.2. The van der Waals surface area contributed by atoms with Gasteiger partial charge in [0.15, 0.2) is 0 Å². The number of aryl methyl sites for hydroxylation is 1. The van der Waals surface area contributed by atoms with Gasteiger partial charge in [0.05, 0.1) is 12.6 Å². The van der Waals surface area contributed by atoms with Crippen molar-refractivity contribution in [2.24, 2.45) is 5.92 Å². The van der Waals surface area contributed by atoms with Crippen LogP contribution in [0.4, 0.5) is 4.79 Å². The first-order valence-electron chi connectivity index (χ1n) is 8.22. The number of aliphatic hydroxyl groups excluding tert-OH is 1. The van der Waals surface area contributed by atoms with Crippen molar-refractivity contribution in [3.8, 4) is 0 Å². The third-order valence-corrected chi connectivity index (χ3v) is 4.00. The summed E-state index contributed by atoms with van der Waals surface area (Å²) in [7, 11) is 0. The van der Waals surface area contributed by atoms with Crippen molar-refractivity contribution in [2.75, 3.05) is 13.2 Å². The lowest BCUT2D eigenvalue weighted by atomic mass is 10.0. The molecule has 5 heteroatoms. The zero-order chi connectivity index (χ0) is 16.8. The van der Waals surface area contributed by atoms with Crippen LogP contribution in [0.1, 0.15) is 31.4 Å². The Bertz CT molecular complexity index is 649. The number of para-hydroxylation sites is 1. The molecule has 1 heterocycles. The van der Waals surface area contributed by atoms with Crippen LogP contribution in [-0.2, 0) is 6.42 Å². The molecular formula is C18H27N3O2. The highest BCUT2D eigenvalue weighted by Crippen LogP contribution is 2.21. The fourth-order valence-corrected chi connectivity index (χ4v) is 2.87. The summed E-state index contributed by atoms with van der Waals surface area (Å²) in [6.07, 6.45) is 3.54. The average Bonchev–Trinajstić information content (AvgIpc) is 2.91. The molecule has 1 atom stereocenters. The second-order valence-corrected chi connectivity index (χ2v) is 6.47. The van der Waals surface area contributed by atoms with E-state index in [-0.39, 0.29) is 18.7 Å². The van der Waals surface area contributed by atoms with Gasteiger partial charge in [-0.05, 0) is 36.8 Å². The first-order chi connectivity index (χ1) is 11.0. The fourth-order valence-electron chi connectivity index (χ4n) is 2.87. The lowest BCUT2D eigenvalue weighted by Gasteiger charge is -2.18. The molecule has 1 aromatic heterocycles. The minimum absolute atomic E-state index is 0.0344. The van der Waals surface area contributed by atoms with Crippen molar-refractivity contribution < 1.29 is 9.90 Å². The van der Waals surface area contributed by atoms with Gasteiger partial charge >= 0.3 is 6.03 Å². The lowest BCUT2D eigenvalue weighted by molar-refractivity contribution is 0.207. The number of carbonyl (C=O) groups is 1. The number of carbonyl (C=O) groups excluding carboxylic acids is 1. The number of fused-ring (bicyclic) bond motifs is 1. The second-order valence-electron chi connectivity index (χ2n) is 6.47. The van der Waals surface area contributed by atoms with E-state index in [1.165, 1.54) is 16.5 Å². The van der Waals surface area contributed by atoms with Crippen LogP contribution in [0, 0.1) is 12.8 Å². The van der Waals surface area contributed by atoms with E-state index in [1.54, 1.807) is 0 Å². The molecule has 1 unspecified atom stereocenters. The van der Waals surface area contributed by atoms with Crippen LogP contribution in [0.3, 0.4) is 0 Å². The van der Waals surface area contributed by atoms with Gasteiger partial charge in [-0.1, -0.05) is 32.0 Å². The number of nitrogens with one attached hydrogen (secondary N) is 3.